The van der Waals surface area contributed by atoms with E-state index in [1.165, 1.54) is 5.56 Å². The Hall–Kier alpha value is -1.94. The first-order valence-corrected chi connectivity index (χ1v) is 9.14. The van der Waals surface area contributed by atoms with E-state index in [9.17, 15) is 9.18 Å². The van der Waals surface area contributed by atoms with Crippen LogP contribution in [-0.4, -0.2) is 37.1 Å². The first-order valence-electron chi connectivity index (χ1n) is 9.14. The summed E-state index contributed by atoms with van der Waals surface area (Å²) >= 11 is 0. The van der Waals surface area contributed by atoms with Gasteiger partial charge in [-0.1, -0.05) is 50.2 Å². The molecule has 0 unspecified atom stereocenters. The summed E-state index contributed by atoms with van der Waals surface area (Å²) in [6.45, 7) is 13.0. The zero-order valence-electron chi connectivity index (χ0n) is 17.1. The molecular weight excluding hydrogens is 329 g/mol. The number of likely N-dealkylation sites (N-methyl/N-ethyl adjacent to an activating group) is 1. The Morgan fingerprint density at radius 2 is 1.62 bits per heavy atom. The lowest BCUT2D eigenvalue weighted by Gasteiger charge is -2.43. The normalized spacial score (nSPS) is 15.7. The molecule has 3 rings (SSSR count). The molecule has 144 valence electrons. The summed E-state index contributed by atoms with van der Waals surface area (Å²) in [5, 5.41) is 2.22. The molecule has 1 aliphatic heterocycles. The quantitative estimate of drug-likeness (QED) is 0.685. The van der Waals surface area contributed by atoms with Gasteiger partial charge in [0.2, 0.25) is 0 Å². The molecule has 1 saturated heterocycles. The van der Waals surface area contributed by atoms with Crippen molar-refractivity contribution in [3.63, 3.8) is 0 Å². The lowest BCUT2D eigenvalue weighted by atomic mass is 9.84. The summed E-state index contributed by atoms with van der Waals surface area (Å²) in [6, 6.07) is 12.1. The second-order valence-corrected chi connectivity index (χ2v) is 7.44. The minimum absolute atomic E-state index is 0.318. The first kappa shape index (κ1) is 22.1. The lowest BCUT2D eigenvalue weighted by Crippen LogP contribution is -2.54. The average Bonchev–Trinajstić information content (AvgIpc) is 2.55. The Bertz CT molecular complexity index is 716. The van der Waals surface area contributed by atoms with Crippen molar-refractivity contribution >= 4 is 17.2 Å². The van der Waals surface area contributed by atoms with Crippen LogP contribution < -0.4 is 0 Å². The highest BCUT2D eigenvalue weighted by Gasteiger charge is 2.43. The molecule has 0 spiro atoms. The molecule has 2 aromatic carbocycles. The molecule has 0 saturated carbocycles. The summed E-state index contributed by atoms with van der Waals surface area (Å²) < 4.78 is 19.3. The number of halogens is 1. The number of alkyl halides is 1. The van der Waals surface area contributed by atoms with Gasteiger partial charge in [-0.2, -0.15) is 0 Å². The van der Waals surface area contributed by atoms with Crippen molar-refractivity contribution in [2.75, 3.05) is 20.1 Å². The fraction of sp³-hybridized carbons (Fsp3) is 0.500. The van der Waals surface area contributed by atoms with Crippen molar-refractivity contribution in [2.45, 2.75) is 52.8 Å². The van der Waals surface area contributed by atoms with E-state index in [2.05, 4.69) is 17.7 Å². The van der Waals surface area contributed by atoms with Gasteiger partial charge in [-0.05, 0) is 56.6 Å². The number of fused-ring (bicyclic) bond motifs is 1. The van der Waals surface area contributed by atoms with Crippen molar-refractivity contribution in [1.82, 2.24) is 4.90 Å². The Balaban J connectivity index is 0.000000321. The van der Waals surface area contributed by atoms with Gasteiger partial charge in [0.25, 0.3) is 6.47 Å². The van der Waals surface area contributed by atoms with Gasteiger partial charge in [-0.15, -0.1) is 0 Å². The standard InChI is InChI=1S/C15H16FN.C5H10O2.C2H6/c1-11-7-8-14(15(16)9-17(2)10-15)13-6-4-3-5-12(11)13;1-5(2,3)7-4-6;1-2/h3-8H,9-10H2,1-2H3;4H,1-3H3;1-2H3. The Morgan fingerprint density at radius 1 is 1.08 bits per heavy atom. The van der Waals surface area contributed by atoms with Crippen LogP contribution in [-0.2, 0) is 15.2 Å². The molecule has 4 heteroatoms. The van der Waals surface area contributed by atoms with E-state index < -0.39 is 5.67 Å². The van der Waals surface area contributed by atoms with Gasteiger partial charge in [0, 0.05) is 13.1 Å². The van der Waals surface area contributed by atoms with E-state index in [1.807, 2.05) is 76.9 Å². The van der Waals surface area contributed by atoms with Gasteiger partial charge in [0.05, 0.1) is 0 Å². The molecule has 1 fully saturated rings. The molecule has 0 atom stereocenters. The number of rotatable bonds is 2. The minimum atomic E-state index is -1.16. The second-order valence-electron chi connectivity index (χ2n) is 7.44. The van der Waals surface area contributed by atoms with Crippen molar-refractivity contribution in [3.05, 3.63) is 47.5 Å². The van der Waals surface area contributed by atoms with Crippen LogP contribution in [0.15, 0.2) is 36.4 Å². The maximum absolute atomic E-state index is 14.7. The number of likely N-dealkylation sites (tertiary alicyclic amines) is 1. The van der Waals surface area contributed by atoms with E-state index in [4.69, 9.17) is 0 Å². The van der Waals surface area contributed by atoms with Crippen LogP contribution in [0.5, 0.6) is 0 Å². The molecule has 0 aliphatic carbocycles. The van der Waals surface area contributed by atoms with Gasteiger partial charge in [0.15, 0.2) is 5.67 Å². The van der Waals surface area contributed by atoms with Crippen LogP contribution in [0.1, 0.15) is 45.7 Å². The smallest absolute Gasteiger partial charge is 0.293 e. The Morgan fingerprint density at radius 3 is 2.04 bits per heavy atom. The fourth-order valence-electron chi connectivity index (χ4n) is 2.96. The topological polar surface area (TPSA) is 29.5 Å². The molecule has 26 heavy (non-hydrogen) atoms. The summed E-state index contributed by atoms with van der Waals surface area (Å²) in [5.41, 5.74) is 0.571. The van der Waals surface area contributed by atoms with Crippen molar-refractivity contribution in [3.8, 4) is 0 Å². The van der Waals surface area contributed by atoms with E-state index >= 15 is 0 Å². The van der Waals surface area contributed by atoms with Crippen LogP contribution in [0.25, 0.3) is 10.8 Å². The second kappa shape index (κ2) is 9.13. The Labute approximate surface area is 157 Å². The highest BCUT2D eigenvalue weighted by atomic mass is 19.1. The minimum Gasteiger partial charge on any atom is -0.462 e. The predicted octanol–water partition coefficient (Wildman–Crippen LogP) is 5.24. The van der Waals surface area contributed by atoms with Crippen molar-refractivity contribution in [2.24, 2.45) is 0 Å². The number of benzene rings is 2. The predicted molar refractivity (Wildman–Crippen MR) is 107 cm³/mol. The lowest BCUT2D eigenvalue weighted by molar-refractivity contribution is -0.138. The number of carbonyl (C=O) groups is 1. The summed E-state index contributed by atoms with van der Waals surface area (Å²) in [4.78, 5) is 11.6. The monoisotopic (exact) mass is 361 g/mol. The maximum atomic E-state index is 14.7. The van der Waals surface area contributed by atoms with Crippen LogP contribution >= 0.6 is 0 Å². The van der Waals surface area contributed by atoms with E-state index in [1.54, 1.807) is 0 Å². The SMILES string of the molecule is CC.CC(C)(C)OC=O.Cc1ccc(C2(F)CN(C)C2)c2ccccc12. The van der Waals surface area contributed by atoms with Gasteiger partial charge >= 0.3 is 0 Å². The molecule has 0 aromatic heterocycles. The molecule has 0 N–H and O–H groups in total. The zero-order valence-corrected chi connectivity index (χ0v) is 17.1. The molecule has 1 aliphatic rings. The van der Waals surface area contributed by atoms with Crippen molar-refractivity contribution < 1.29 is 13.9 Å². The fourth-order valence-corrected chi connectivity index (χ4v) is 2.96. The highest BCUT2D eigenvalue weighted by molar-refractivity contribution is 5.89. The molecule has 0 bridgehead atoms. The van der Waals surface area contributed by atoms with Gasteiger partial charge in [-0.25, -0.2) is 4.39 Å². The largest absolute Gasteiger partial charge is 0.462 e. The molecule has 0 radical (unpaired) electrons. The van der Waals surface area contributed by atoms with E-state index in [0.29, 0.717) is 19.6 Å². The first-order chi connectivity index (χ1) is 12.2. The van der Waals surface area contributed by atoms with Gasteiger partial charge in [-0.3, -0.25) is 9.69 Å². The van der Waals surface area contributed by atoms with Crippen LogP contribution in [0, 0.1) is 6.92 Å². The van der Waals surface area contributed by atoms with E-state index in [-0.39, 0.29) is 5.60 Å². The maximum Gasteiger partial charge on any atom is 0.293 e. The van der Waals surface area contributed by atoms with Crippen LogP contribution in [0.3, 0.4) is 0 Å². The summed E-state index contributed by atoms with van der Waals surface area (Å²) in [7, 11) is 1.95. The molecule has 0 amide bonds. The zero-order chi connectivity index (χ0) is 20.0. The van der Waals surface area contributed by atoms with Crippen LogP contribution in [0.2, 0.25) is 0 Å². The molecule has 2 aromatic rings. The highest BCUT2D eigenvalue weighted by Crippen LogP contribution is 2.39. The number of ether oxygens (including phenoxy) is 1. The number of carbonyl (C=O) groups excluding carboxylic acids is 1. The number of aryl methyl sites for hydroxylation is 1. The number of hydrogen-bond acceptors (Lipinski definition) is 3. The molecule has 1 heterocycles. The third-order valence-electron chi connectivity index (χ3n) is 4.07. The molecular formula is C22H32FNO2. The number of hydrogen-bond donors (Lipinski definition) is 0. The Kier molecular flexibility index (Phi) is 7.76. The van der Waals surface area contributed by atoms with Gasteiger partial charge < -0.3 is 4.74 Å². The van der Waals surface area contributed by atoms with Crippen LogP contribution in [0.4, 0.5) is 4.39 Å². The molecule has 3 nitrogen and oxygen atoms in total. The average molecular weight is 362 g/mol. The third-order valence-corrected chi connectivity index (χ3v) is 4.07. The van der Waals surface area contributed by atoms with Gasteiger partial charge in [0.1, 0.15) is 5.60 Å². The van der Waals surface area contributed by atoms with Crippen molar-refractivity contribution in [1.29, 1.82) is 0 Å². The third kappa shape index (κ3) is 5.53. The van der Waals surface area contributed by atoms with E-state index in [0.717, 1.165) is 16.3 Å². The summed E-state index contributed by atoms with van der Waals surface area (Å²) in [5.74, 6) is 0. The number of nitrogens with zero attached hydrogens (tertiary/aromatic N) is 1. The summed E-state index contributed by atoms with van der Waals surface area (Å²) in [6.07, 6.45) is 0.